The second-order valence-corrected chi connectivity index (χ2v) is 24.9. The van der Waals surface area contributed by atoms with E-state index >= 15 is 0 Å². The first kappa shape index (κ1) is 25.6. The lowest BCUT2D eigenvalue weighted by atomic mass is 9.95. The number of benzene rings is 5. The van der Waals surface area contributed by atoms with Crippen LogP contribution in [0.2, 0.25) is 39.3 Å². The monoisotopic (exact) mass is 593 g/mol. The number of fused-ring (bicyclic) bond motifs is 7. The summed E-state index contributed by atoms with van der Waals surface area (Å²) in [6, 6.07) is 16.3. The highest BCUT2D eigenvalue weighted by molar-refractivity contribution is 6.91. The number of imidazole rings is 1. The minimum absolute atomic E-state index is 0.0562. The summed E-state index contributed by atoms with van der Waals surface area (Å²) >= 11 is 0. The van der Waals surface area contributed by atoms with Crippen LogP contribution in [0.25, 0.3) is 81.3 Å². The first-order chi connectivity index (χ1) is 20.5. The highest BCUT2D eigenvalue weighted by atomic mass is 28.3. The molecule has 0 atom stereocenters. The molecule has 3 aromatic heterocycles. The first-order valence-electron chi connectivity index (χ1n) is 15.7. The van der Waals surface area contributed by atoms with E-state index in [0.29, 0.717) is 0 Å². The molecule has 6 aromatic carbocycles. The van der Waals surface area contributed by atoms with E-state index in [9.17, 15) is 4.79 Å². The highest BCUT2D eigenvalue weighted by Crippen LogP contribution is 2.50. The smallest absolute Gasteiger partial charge is 0.265 e. The van der Waals surface area contributed by atoms with Gasteiger partial charge < -0.3 is 0 Å². The fraction of sp³-hybridized carbons (Fsp3) is 0.270. The Morgan fingerprint density at radius 1 is 0.698 bits per heavy atom. The van der Waals surface area contributed by atoms with Crippen molar-refractivity contribution in [2.75, 3.05) is 0 Å². The molecular formula is C37H35N3OSi2. The summed E-state index contributed by atoms with van der Waals surface area (Å²) in [5.74, 6) is 0. The van der Waals surface area contributed by atoms with Gasteiger partial charge in [-0.3, -0.25) is 14.2 Å². The van der Waals surface area contributed by atoms with Crippen LogP contribution >= 0.6 is 0 Å². The molecule has 6 heteroatoms. The van der Waals surface area contributed by atoms with E-state index in [4.69, 9.17) is 9.97 Å². The van der Waals surface area contributed by atoms with Crippen LogP contribution in [0.1, 0.15) is 25.5 Å². The fourth-order valence-corrected chi connectivity index (χ4v) is 11.3. The highest BCUT2D eigenvalue weighted by Gasteiger charge is 2.32. The topological polar surface area (TPSA) is 47.3 Å². The molecule has 0 bridgehead atoms. The van der Waals surface area contributed by atoms with Crippen LogP contribution in [0, 0.1) is 0 Å². The Hall–Kier alpha value is -3.88. The number of unbranched alkanes of at least 4 members (excludes halogenated alkanes) is 1. The third-order valence-electron chi connectivity index (χ3n) is 10.1. The molecule has 0 unspecified atom stereocenters. The van der Waals surface area contributed by atoms with Crippen LogP contribution in [0.5, 0.6) is 0 Å². The quantitative estimate of drug-likeness (QED) is 0.149. The summed E-state index contributed by atoms with van der Waals surface area (Å²) in [5, 5.41) is 17.8. The van der Waals surface area contributed by atoms with Gasteiger partial charge in [0, 0.05) is 11.1 Å². The lowest BCUT2D eigenvalue weighted by Gasteiger charge is -2.21. The Morgan fingerprint density at radius 2 is 1.28 bits per heavy atom. The molecule has 0 N–H and O–H groups in total. The first-order valence-corrected chi connectivity index (χ1v) is 22.7. The summed E-state index contributed by atoms with van der Waals surface area (Å²) in [5.41, 5.74) is 3.55. The summed E-state index contributed by atoms with van der Waals surface area (Å²) in [7, 11) is -3.53. The van der Waals surface area contributed by atoms with Gasteiger partial charge >= 0.3 is 0 Å². The third-order valence-corrected chi connectivity index (χ3v) is 14.1. The van der Waals surface area contributed by atoms with Gasteiger partial charge in [-0.15, -0.1) is 0 Å². The Labute approximate surface area is 251 Å². The lowest BCUT2D eigenvalue weighted by Crippen LogP contribution is -2.38. The molecule has 0 aliphatic carbocycles. The van der Waals surface area contributed by atoms with Crippen LogP contribution < -0.4 is 15.9 Å². The standard InChI is InChI=1S/C37H35N3OSi2/c1-8-9-10-20-15-26-25(18-38-20)39-36-34-23-16-27(42(2,3)4)21-13-11-19-12-14-22-28(43(5,6)7)17-24(35(34)37(41)40(26)36)33-31(22)29(19)30(21)32(23)33/h11-18H,8-10H2,1-7H3. The van der Waals surface area contributed by atoms with Crippen molar-refractivity contribution in [3.8, 4) is 0 Å². The Balaban J connectivity index is 1.62. The van der Waals surface area contributed by atoms with Gasteiger partial charge in [-0.05, 0) is 72.8 Å². The molecule has 0 spiro atoms. The number of nitrogens with zero attached hydrogens (tertiary/aromatic N) is 3. The molecule has 0 radical (unpaired) electrons. The summed E-state index contributed by atoms with van der Waals surface area (Å²) in [4.78, 5) is 24.7. The maximum absolute atomic E-state index is 14.8. The number of pyridine rings is 1. The van der Waals surface area contributed by atoms with Crippen LogP contribution in [0.4, 0.5) is 0 Å². The van der Waals surface area contributed by atoms with Crippen molar-refractivity contribution in [3.63, 3.8) is 0 Å². The van der Waals surface area contributed by atoms with Crippen LogP contribution in [-0.2, 0) is 6.42 Å². The molecule has 212 valence electrons. The molecule has 0 saturated carbocycles. The maximum Gasteiger partial charge on any atom is 0.265 e. The molecule has 9 rings (SSSR count). The van der Waals surface area contributed by atoms with Gasteiger partial charge in [0.2, 0.25) is 0 Å². The second kappa shape index (κ2) is 7.98. The van der Waals surface area contributed by atoms with Crippen LogP contribution in [-0.4, -0.2) is 30.5 Å². The number of hydrogen-bond donors (Lipinski definition) is 0. The largest absolute Gasteiger partial charge is 0.268 e. The number of aryl methyl sites for hydroxylation is 1. The summed E-state index contributed by atoms with van der Waals surface area (Å²) in [6.07, 6.45) is 4.98. The summed E-state index contributed by atoms with van der Waals surface area (Å²) in [6.45, 7) is 16.8. The zero-order chi connectivity index (χ0) is 29.7. The zero-order valence-electron chi connectivity index (χ0n) is 26.0. The van der Waals surface area contributed by atoms with E-state index in [0.717, 1.165) is 57.8 Å². The molecule has 4 nitrogen and oxygen atoms in total. The van der Waals surface area contributed by atoms with E-state index in [-0.39, 0.29) is 5.56 Å². The second-order valence-electron chi connectivity index (χ2n) is 14.9. The van der Waals surface area contributed by atoms with Crippen molar-refractivity contribution in [2.45, 2.75) is 65.5 Å². The Morgan fingerprint density at radius 3 is 1.86 bits per heavy atom. The van der Waals surface area contributed by atoms with Gasteiger partial charge in [0.25, 0.3) is 5.56 Å². The molecule has 43 heavy (non-hydrogen) atoms. The van der Waals surface area contributed by atoms with Crippen molar-refractivity contribution in [2.24, 2.45) is 0 Å². The fourth-order valence-electron chi connectivity index (χ4n) is 8.12. The van der Waals surface area contributed by atoms with Crippen LogP contribution in [0.3, 0.4) is 0 Å². The van der Waals surface area contributed by atoms with E-state index in [1.807, 2.05) is 10.6 Å². The van der Waals surface area contributed by atoms with Gasteiger partial charge in [0.05, 0.1) is 33.2 Å². The molecule has 9 aromatic rings. The van der Waals surface area contributed by atoms with E-state index in [1.165, 1.54) is 58.8 Å². The maximum atomic E-state index is 14.8. The van der Waals surface area contributed by atoms with E-state index in [2.05, 4.69) is 88.7 Å². The van der Waals surface area contributed by atoms with E-state index in [1.54, 1.807) is 0 Å². The van der Waals surface area contributed by atoms with Gasteiger partial charge in [0.1, 0.15) is 11.2 Å². The molecule has 0 saturated heterocycles. The number of rotatable bonds is 5. The lowest BCUT2D eigenvalue weighted by molar-refractivity contribution is 0.778. The SMILES string of the molecule is CCCCc1cc2c(cn1)nc1c3c4cc([Si](C)(C)C)c5ccc6ccc7c([Si](C)(C)C)cc(c3c(=O)n21)c1c7c6c5c41. The van der Waals surface area contributed by atoms with Gasteiger partial charge in [0.15, 0.2) is 0 Å². The van der Waals surface area contributed by atoms with Gasteiger partial charge in [-0.25, -0.2) is 4.98 Å². The average Bonchev–Trinajstić information content (AvgIpc) is 3.60. The molecule has 0 aliphatic heterocycles. The van der Waals surface area contributed by atoms with Crippen molar-refractivity contribution < 1.29 is 0 Å². The predicted molar refractivity (Wildman–Crippen MR) is 191 cm³/mol. The number of aromatic nitrogens is 3. The minimum atomic E-state index is -1.77. The van der Waals surface area contributed by atoms with Crippen LogP contribution in [0.15, 0.2) is 53.5 Å². The van der Waals surface area contributed by atoms with Gasteiger partial charge in [-0.2, -0.15) is 0 Å². The Bertz CT molecular complexity index is 2630. The molecule has 0 amide bonds. The number of hydrogen-bond acceptors (Lipinski definition) is 3. The van der Waals surface area contributed by atoms with E-state index < -0.39 is 16.1 Å². The van der Waals surface area contributed by atoms with Crippen molar-refractivity contribution in [1.82, 2.24) is 14.4 Å². The average molecular weight is 594 g/mol. The van der Waals surface area contributed by atoms with Crippen molar-refractivity contribution in [3.05, 3.63) is 64.7 Å². The van der Waals surface area contributed by atoms with Gasteiger partial charge in [-0.1, -0.05) is 99.4 Å². The minimum Gasteiger partial charge on any atom is -0.268 e. The molecule has 0 aliphatic rings. The molecule has 0 fully saturated rings. The summed E-state index contributed by atoms with van der Waals surface area (Å²) < 4.78 is 1.90. The van der Waals surface area contributed by atoms with Crippen molar-refractivity contribution >= 4 is 108 Å². The Kier molecular flexibility index (Phi) is 4.75. The molecule has 3 heterocycles. The molecular weight excluding hydrogens is 559 g/mol. The van der Waals surface area contributed by atoms with Crippen molar-refractivity contribution in [1.29, 1.82) is 0 Å². The normalized spacial score (nSPS) is 13.8. The zero-order valence-corrected chi connectivity index (χ0v) is 28.0. The third kappa shape index (κ3) is 3.08. The predicted octanol–water partition coefficient (Wildman–Crippen LogP) is 8.35.